The van der Waals surface area contributed by atoms with Gasteiger partial charge in [-0.2, -0.15) is 0 Å². The van der Waals surface area contributed by atoms with E-state index in [4.69, 9.17) is 5.73 Å². The molecule has 0 aliphatic carbocycles. The summed E-state index contributed by atoms with van der Waals surface area (Å²) in [5, 5.41) is 10.3. The summed E-state index contributed by atoms with van der Waals surface area (Å²) in [6.07, 6.45) is 4.98. The van der Waals surface area contributed by atoms with Crippen molar-refractivity contribution in [1.82, 2.24) is 14.8 Å². The van der Waals surface area contributed by atoms with Gasteiger partial charge in [0.1, 0.15) is 0 Å². The molecule has 1 fully saturated rings. The van der Waals surface area contributed by atoms with Gasteiger partial charge in [0.2, 0.25) is 10.3 Å². The van der Waals surface area contributed by atoms with Gasteiger partial charge in [-0.3, -0.25) is 4.57 Å². The van der Waals surface area contributed by atoms with E-state index in [1.165, 1.54) is 0 Å². The Morgan fingerprint density at radius 1 is 1.25 bits per heavy atom. The number of nitrogens with zero attached hydrogens (tertiary/aromatic N) is 4. The van der Waals surface area contributed by atoms with Crippen LogP contribution in [0.5, 0.6) is 0 Å². The predicted molar refractivity (Wildman–Crippen MR) is 64.0 cm³/mol. The van der Waals surface area contributed by atoms with E-state index >= 15 is 0 Å². The highest BCUT2D eigenvalue weighted by molar-refractivity contribution is 7.17. The van der Waals surface area contributed by atoms with E-state index in [1.807, 2.05) is 29.1 Å². The van der Waals surface area contributed by atoms with Crippen molar-refractivity contribution in [1.29, 1.82) is 0 Å². The van der Waals surface area contributed by atoms with Gasteiger partial charge in [-0.05, 0) is 18.6 Å². The molecule has 1 saturated heterocycles. The van der Waals surface area contributed by atoms with Crippen LogP contribution < -0.4 is 10.6 Å². The molecule has 0 spiro atoms. The lowest BCUT2D eigenvalue weighted by atomic mass is 10.3. The molecule has 1 aliphatic heterocycles. The molecule has 0 radical (unpaired) electrons. The summed E-state index contributed by atoms with van der Waals surface area (Å²) in [7, 11) is 0. The molecule has 3 heterocycles. The van der Waals surface area contributed by atoms with Crippen LogP contribution in [0.25, 0.3) is 5.13 Å². The highest BCUT2D eigenvalue weighted by atomic mass is 32.1. The number of aromatic nitrogens is 3. The lowest BCUT2D eigenvalue weighted by Crippen LogP contribution is -2.26. The molecule has 1 aliphatic rings. The van der Waals surface area contributed by atoms with Gasteiger partial charge in [0, 0.05) is 31.5 Å². The first-order chi connectivity index (χ1) is 7.83. The molecule has 1 atom stereocenters. The lowest BCUT2D eigenvalue weighted by Gasteiger charge is -2.11. The van der Waals surface area contributed by atoms with E-state index in [0.717, 1.165) is 29.8 Å². The zero-order valence-corrected chi connectivity index (χ0v) is 9.60. The minimum Gasteiger partial charge on any atom is -0.345 e. The van der Waals surface area contributed by atoms with Gasteiger partial charge in [0.25, 0.3) is 0 Å². The maximum atomic E-state index is 5.87. The number of hydrogen-bond acceptors (Lipinski definition) is 5. The summed E-state index contributed by atoms with van der Waals surface area (Å²) < 4.78 is 1.97. The highest BCUT2D eigenvalue weighted by Gasteiger charge is 2.22. The third-order valence-electron chi connectivity index (χ3n) is 2.72. The average molecular weight is 235 g/mol. The molecule has 0 unspecified atom stereocenters. The molecule has 3 rings (SSSR count). The number of anilines is 1. The summed E-state index contributed by atoms with van der Waals surface area (Å²) in [5.74, 6) is 0. The fourth-order valence-electron chi connectivity index (χ4n) is 1.86. The topological polar surface area (TPSA) is 60.0 Å². The molecule has 0 bridgehead atoms. The van der Waals surface area contributed by atoms with Crippen molar-refractivity contribution in [2.45, 2.75) is 12.5 Å². The maximum absolute atomic E-state index is 5.87. The standard InChI is InChI=1S/C10H13N5S/c11-8-3-6-15(7-8)10-13-12-9(16-10)14-4-1-2-5-14/h1-2,4-5,8H,3,6-7,11H2/t8-/m1/s1. The first-order valence-corrected chi connectivity index (χ1v) is 6.12. The molecule has 84 valence electrons. The van der Waals surface area contributed by atoms with Gasteiger partial charge in [-0.15, -0.1) is 10.2 Å². The molecule has 16 heavy (non-hydrogen) atoms. The molecule has 0 aromatic carbocycles. The van der Waals surface area contributed by atoms with Gasteiger partial charge in [0.15, 0.2) is 0 Å². The maximum Gasteiger partial charge on any atom is 0.218 e. The van der Waals surface area contributed by atoms with E-state index in [1.54, 1.807) is 11.3 Å². The third kappa shape index (κ3) is 1.70. The average Bonchev–Trinajstić information content (AvgIpc) is 2.97. The zero-order chi connectivity index (χ0) is 11.0. The highest BCUT2D eigenvalue weighted by Crippen LogP contribution is 2.25. The van der Waals surface area contributed by atoms with Crippen LogP contribution in [0.1, 0.15) is 6.42 Å². The first-order valence-electron chi connectivity index (χ1n) is 5.30. The summed E-state index contributed by atoms with van der Waals surface area (Å²) in [4.78, 5) is 2.20. The van der Waals surface area contributed by atoms with Gasteiger partial charge in [-0.25, -0.2) is 0 Å². The predicted octanol–water partition coefficient (Wildman–Crippen LogP) is 0.866. The monoisotopic (exact) mass is 235 g/mol. The number of rotatable bonds is 2. The van der Waals surface area contributed by atoms with E-state index in [-0.39, 0.29) is 6.04 Å². The summed E-state index contributed by atoms with van der Waals surface area (Å²) >= 11 is 1.60. The van der Waals surface area contributed by atoms with E-state index in [0.29, 0.717) is 0 Å². The molecule has 2 aromatic rings. The molecular weight excluding hydrogens is 222 g/mol. The molecule has 0 saturated carbocycles. The Labute approximate surface area is 97.5 Å². The molecule has 6 heteroatoms. The largest absolute Gasteiger partial charge is 0.345 e. The van der Waals surface area contributed by atoms with Crippen molar-refractivity contribution in [3.8, 4) is 5.13 Å². The normalized spacial score (nSPS) is 20.6. The van der Waals surface area contributed by atoms with Crippen molar-refractivity contribution in [3.63, 3.8) is 0 Å². The minimum atomic E-state index is 0.277. The fraction of sp³-hybridized carbons (Fsp3) is 0.400. The van der Waals surface area contributed by atoms with Crippen LogP contribution in [0.3, 0.4) is 0 Å². The second-order valence-electron chi connectivity index (χ2n) is 3.95. The third-order valence-corrected chi connectivity index (χ3v) is 3.72. The summed E-state index contributed by atoms with van der Waals surface area (Å²) in [5.41, 5.74) is 5.87. The molecule has 2 N–H and O–H groups in total. The Morgan fingerprint density at radius 3 is 2.69 bits per heavy atom. The fourth-order valence-corrected chi connectivity index (χ4v) is 2.71. The van der Waals surface area contributed by atoms with Crippen molar-refractivity contribution < 1.29 is 0 Å². The molecule has 2 aromatic heterocycles. The lowest BCUT2D eigenvalue weighted by molar-refractivity contribution is 0.751. The summed E-state index contributed by atoms with van der Waals surface area (Å²) in [6.45, 7) is 1.88. The van der Waals surface area contributed by atoms with Gasteiger partial charge >= 0.3 is 0 Å². The van der Waals surface area contributed by atoms with Crippen LogP contribution in [0.15, 0.2) is 24.5 Å². The van der Waals surface area contributed by atoms with E-state index < -0.39 is 0 Å². The Kier molecular flexibility index (Phi) is 2.37. The van der Waals surface area contributed by atoms with Crippen molar-refractivity contribution in [2.24, 2.45) is 5.73 Å². The van der Waals surface area contributed by atoms with Crippen LogP contribution in [0, 0.1) is 0 Å². The molecule has 0 amide bonds. The smallest absolute Gasteiger partial charge is 0.218 e. The van der Waals surface area contributed by atoms with E-state index in [9.17, 15) is 0 Å². The van der Waals surface area contributed by atoms with Gasteiger partial charge < -0.3 is 10.6 Å². The minimum absolute atomic E-state index is 0.277. The first kappa shape index (κ1) is 9.80. The van der Waals surface area contributed by atoms with E-state index in [2.05, 4.69) is 15.1 Å². The van der Waals surface area contributed by atoms with Crippen LogP contribution in [0.2, 0.25) is 0 Å². The van der Waals surface area contributed by atoms with Crippen molar-refractivity contribution in [3.05, 3.63) is 24.5 Å². The molecular formula is C10H13N5S. The van der Waals surface area contributed by atoms with Crippen molar-refractivity contribution in [2.75, 3.05) is 18.0 Å². The van der Waals surface area contributed by atoms with Gasteiger partial charge in [0.05, 0.1) is 0 Å². The van der Waals surface area contributed by atoms with Crippen LogP contribution in [0.4, 0.5) is 5.13 Å². The quantitative estimate of drug-likeness (QED) is 0.839. The zero-order valence-electron chi connectivity index (χ0n) is 8.78. The van der Waals surface area contributed by atoms with Crippen LogP contribution >= 0.6 is 11.3 Å². The van der Waals surface area contributed by atoms with Crippen LogP contribution in [-0.4, -0.2) is 33.9 Å². The second kappa shape index (κ2) is 3.88. The van der Waals surface area contributed by atoms with Crippen LogP contribution in [-0.2, 0) is 0 Å². The number of nitrogens with two attached hydrogens (primary N) is 1. The van der Waals surface area contributed by atoms with Gasteiger partial charge in [-0.1, -0.05) is 11.3 Å². The Morgan fingerprint density at radius 2 is 2.00 bits per heavy atom. The number of hydrogen-bond donors (Lipinski definition) is 1. The molecule has 5 nitrogen and oxygen atoms in total. The summed E-state index contributed by atoms with van der Waals surface area (Å²) in [6, 6.07) is 4.23. The Hall–Kier alpha value is -1.40. The SMILES string of the molecule is N[C@@H]1CCN(c2nnc(-n3cccc3)s2)C1. The van der Waals surface area contributed by atoms with Crippen molar-refractivity contribution >= 4 is 16.5 Å². The Balaban J connectivity index is 1.83. The second-order valence-corrected chi connectivity index (χ2v) is 4.89. The Bertz CT molecular complexity index is 463.